The Morgan fingerprint density at radius 1 is 1.35 bits per heavy atom. The van der Waals surface area contributed by atoms with Gasteiger partial charge >= 0.3 is 6.03 Å². The van der Waals surface area contributed by atoms with Gasteiger partial charge < -0.3 is 20.2 Å². The van der Waals surface area contributed by atoms with Gasteiger partial charge in [0.05, 0.1) is 17.3 Å². The molecule has 0 radical (unpaired) electrons. The molecule has 0 atom stereocenters. The molecular weight excluding hydrogens is 278 g/mol. The Hall–Kier alpha value is -1.46. The normalized spacial score (nSPS) is 10.2. The highest BCUT2D eigenvalue weighted by atomic mass is 35.5. The standard InChI is InChI=1S/C14H22ClN3O2/c1-4-7-18(8-9-19)14(20)16-11-5-6-13(17(2)3)12(15)10-11/h5-6,10,19H,4,7-9H2,1-3H3,(H,16,20). The van der Waals surface area contributed by atoms with Gasteiger partial charge in [-0.25, -0.2) is 4.79 Å². The molecule has 1 aromatic rings. The first-order valence-electron chi connectivity index (χ1n) is 6.63. The molecule has 20 heavy (non-hydrogen) atoms. The Kier molecular flexibility index (Phi) is 6.61. The highest BCUT2D eigenvalue weighted by Crippen LogP contribution is 2.27. The van der Waals surface area contributed by atoms with Gasteiger partial charge in [-0.1, -0.05) is 18.5 Å². The maximum absolute atomic E-state index is 12.1. The quantitative estimate of drug-likeness (QED) is 0.849. The molecular formula is C14H22ClN3O2. The van der Waals surface area contributed by atoms with Gasteiger partial charge in [-0.2, -0.15) is 0 Å². The van der Waals surface area contributed by atoms with Crippen molar-refractivity contribution >= 4 is 29.0 Å². The summed E-state index contributed by atoms with van der Waals surface area (Å²) in [6, 6.07) is 5.16. The number of carbonyl (C=O) groups is 1. The number of amides is 2. The fourth-order valence-electron chi connectivity index (χ4n) is 1.86. The average molecular weight is 300 g/mol. The highest BCUT2D eigenvalue weighted by molar-refractivity contribution is 6.33. The molecule has 0 heterocycles. The number of carbonyl (C=O) groups excluding carboxylic acids is 1. The van der Waals surface area contributed by atoms with Gasteiger partial charge in [-0.05, 0) is 24.6 Å². The Morgan fingerprint density at radius 2 is 2.05 bits per heavy atom. The molecule has 2 amide bonds. The number of hydrogen-bond donors (Lipinski definition) is 2. The van der Waals surface area contributed by atoms with Crippen LogP contribution in [0.5, 0.6) is 0 Å². The van der Waals surface area contributed by atoms with Gasteiger partial charge in [-0.15, -0.1) is 0 Å². The maximum atomic E-state index is 12.1. The van der Waals surface area contributed by atoms with Crippen LogP contribution in [-0.4, -0.2) is 49.8 Å². The molecule has 1 rings (SSSR count). The van der Waals surface area contributed by atoms with Gasteiger partial charge in [0.15, 0.2) is 0 Å². The molecule has 0 fully saturated rings. The van der Waals surface area contributed by atoms with Crippen LogP contribution in [0, 0.1) is 0 Å². The summed E-state index contributed by atoms with van der Waals surface area (Å²) in [5.41, 5.74) is 1.54. The van der Waals surface area contributed by atoms with Crippen LogP contribution < -0.4 is 10.2 Å². The van der Waals surface area contributed by atoms with E-state index in [2.05, 4.69) is 5.32 Å². The topological polar surface area (TPSA) is 55.8 Å². The first-order valence-corrected chi connectivity index (χ1v) is 7.01. The summed E-state index contributed by atoms with van der Waals surface area (Å²) in [7, 11) is 3.81. The summed E-state index contributed by atoms with van der Waals surface area (Å²) >= 11 is 6.16. The van der Waals surface area contributed by atoms with E-state index in [0.717, 1.165) is 12.1 Å². The van der Waals surface area contributed by atoms with Gasteiger partial charge in [0.1, 0.15) is 0 Å². The molecule has 0 saturated heterocycles. The molecule has 0 aliphatic rings. The van der Waals surface area contributed by atoms with E-state index >= 15 is 0 Å². The van der Waals surface area contributed by atoms with Crippen LogP contribution in [0.4, 0.5) is 16.2 Å². The van der Waals surface area contributed by atoms with Gasteiger partial charge in [0.25, 0.3) is 0 Å². The number of nitrogens with zero attached hydrogens (tertiary/aromatic N) is 2. The minimum absolute atomic E-state index is 0.0479. The van der Waals surface area contributed by atoms with E-state index in [-0.39, 0.29) is 12.6 Å². The van der Waals surface area contributed by atoms with Crippen molar-refractivity contribution in [2.24, 2.45) is 0 Å². The van der Waals surface area contributed by atoms with Crippen molar-refractivity contribution < 1.29 is 9.90 Å². The van der Waals surface area contributed by atoms with E-state index in [1.54, 1.807) is 11.0 Å². The minimum Gasteiger partial charge on any atom is -0.395 e. The zero-order chi connectivity index (χ0) is 15.1. The number of hydrogen-bond acceptors (Lipinski definition) is 3. The van der Waals surface area contributed by atoms with Crippen LogP contribution in [0.2, 0.25) is 5.02 Å². The first-order chi connectivity index (χ1) is 9.49. The van der Waals surface area contributed by atoms with E-state index in [1.807, 2.05) is 38.1 Å². The summed E-state index contributed by atoms with van der Waals surface area (Å²) in [5, 5.41) is 12.3. The summed E-state index contributed by atoms with van der Waals surface area (Å²) in [4.78, 5) is 15.6. The van der Waals surface area contributed by atoms with Crippen LogP contribution in [-0.2, 0) is 0 Å². The monoisotopic (exact) mass is 299 g/mol. The van der Waals surface area contributed by atoms with Crippen molar-refractivity contribution in [3.05, 3.63) is 23.2 Å². The van der Waals surface area contributed by atoms with Gasteiger partial charge in [0, 0.05) is 32.9 Å². The molecule has 0 aliphatic heterocycles. The highest BCUT2D eigenvalue weighted by Gasteiger charge is 2.13. The van der Waals surface area contributed by atoms with Crippen molar-refractivity contribution in [3.8, 4) is 0 Å². The molecule has 0 saturated carbocycles. The number of halogens is 1. The van der Waals surface area contributed by atoms with Crippen LogP contribution in [0.25, 0.3) is 0 Å². The van der Waals surface area contributed by atoms with Crippen molar-refractivity contribution in [1.82, 2.24) is 4.90 Å². The second kappa shape index (κ2) is 7.97. The lowest BCUT2D eigenvalue weighted by Gasteiger charge is -2.22. The summed E-state index contributed by atoms with van der Waals surface area (Å²) in [5.74, 6) is 0. The third-order valence-electron chi connectivity index (χ3n) is 2.83. The zero-order valence-corrected chi connectivity index (χ0v) is 12.9. The molecule has 5 nitrogen and oxygen atoms in total. The fourth-order valence-corrected chi connectivity index (χ4v) is 2.20. The van der Waals surface area contributed by atoms with Crippen LogP contribution >= 0.6 is 11.6 Å². The minimum atomic E-state index is -0.227. The molecule has 0 spiro atoms. The van der Waals surface area contributed by atoms with E-state index in [4.69, 9.17) is 16.7 Å². The smallest absolute Gasteiger partial charge is 0.321 e. The van der Waals surface area contributed by atoms with Crippen molar-refractivity contribution in [1.29, 1.82) is 0 Å². The van der Waals surface area contributed by atoms with E-state index in [0.29, 0.717) is 23.8 Å². The summed E-state index contributed by atoms with van der Waals surface area (Å²) in [6.45, 7) is 2.87. The van der Waals surface area contributed by atoms with Crippen molar-refractivity contribution in [2.45, 2.75) is 13.3 Å². The van der Waals surface area contributed by atoms with Crippen molar-refractivity contribution in [2.75, 3.05) is 44.0 Å². The van der Waals surface area contributed by atoms with Crippen LogP contribution in [0.1, 0.15) is 13.3 Å². The molecule has 112 valence electrons. The molecule has 1 aromatic carbocycles. The molecule has 6 heteroatoms. The van der Waals surface area contributed by atoms with E-state index in [1.165, 1.54) is 0 Å². The number of urea groups is 1. The van der Waals surface area contributed by atoms with Crippen molar-refractivity contribution in [3.63, 3.8) is 0 Å². The molecule has 0 bridgehead atoms. The lowest BCUT2D eigenvalue weighted by atomic mass is 10.2. The van der Waals surface area contributed by atoms with Crippen LogP contribution in [0.3, 0.4) is 0 Å². The molecule has 0 aromatic heterocycles. The number of anilines is 2. The Balaban J connectivity index is 2.76. The number of benzene rings is 1. The average Bonchev–Trinajstić information content (AvgIpc) is 2.38. The third kappa shape index (κ3) is 4.58. The molecule has 0 unspecified atom stereocenters. The number of aliphatic hydroxyl groups is 1. The Bertz CT molecular complexity index is 446. The van der Waals surface area contributed by atoms with Gasteiger partial charge in [0.2, 0.25) is 0 Å². The second-order valence-electron chi connectivity index (χ2n) is 4.70. The summed E-state index contributed by atoms with van der Waals surface area (Å²) < 4.78 is 0. The van der Waals surface area contributed by atoms with Crippen LogP contribution in [0.15, 0.2) is 18.2 Å². The second-order valence-corrected chi connectivity index (χ2v) is 5.11. The zero-order valence-electron chi connectivity index (χ0n) is 12.2. The van der Waals surface area contributed by atoms with E-state index < -0.39 is 0 Å². The first kappa shape index (κ1) is 16.6. The fraction of sp³-hybridized carbons (Fsp3) is 0.500. The predicted molar refractivity (Wildman–Crippen MR) is 83.7 cm³/mol. The van der Waals surface area contributed by atoms with E-state index in [9.17, 15) is 4.79 Å². The molecule has 2 N–H and O–H groups in total. The predicted octanol–water partition coefficient (Wildman–Crippen LogP) is 2.64. The Morgan fingerprint density at radius 3 is 2.55 bits per heavy atom. The lowest BCUT2D eigenvalue weighted by molar-refractivity contribution is 0.188. The number of nitrogens with one attached hydrogen (secondary N) is 1. The SMILES string of the molecule is CCCN(CCO)C(=O)Nc1ccc(N(C)C)c(Cl)c1. The summed E-state index contributed by atoms with van der Waals surface area (Å²) in [6.07, 6.45) is 0.841. The lowest BCUT2D eigenvalue weighted by Crippen LogP contribution is -2.37. The molecule has 0 aliphatic carbocycles. The number of aliphatic hydroxyl groups excluding tert-OH is 1. The largest absolute Gasteiger partial charge is 0.395 e. The Labute approximate surface area is 125 Å². The van der Waals surface area contributed by atoms with Gasteiger partial charge in [-0.3, -0.25) is 0 Å². The third-order valence-corrected chi connectivity index (χ3v) is 3.13. The maximum Gasteiger partial charge on any atom is 0.321 e. The number of rotatable bonds is 6.